The predicted octanol–water partition coefficient (Wildman–Crippen LogP) is 8.78. The van der Waals surface area contributed by atoms with Gasteiger partial charge >= 0.3 is 12.1 Å². The summed E-state index contributed by atoms with van der Waals surface area (Å²) in [6.07, 6.45) is -10.1. The van der Waals surface area contributed by atoms with Crippen LogP contribution in [-0.4, -0.2) is 24.6 Å². The number of benzene rings is 3. The van der Waals surface area contributed by atoms with Gasteiger partial charge in [0.2, 0.25) is 0 Å². The van der Waals surface area contributed by atoms with Crippen molar-refractivity contribution in [2.45, 2.75) is 65.8 Å². The van der Waals surface area contributed by atoms with E-state index in [4.69, 9.17) is 4.74 Å². The smallest absolute Gasteiger partial charge is 0.453 e. The number of ether oxygens (including phenoxy) is 1. The molecule has 3 aromatic carbocycles. The standard InChI is InChI=1S/C27H26F7OS/c1-19-16-23(36(21-10-5-3-6-11-21)22-12-7-4-8-13-22)17-20(2)24(19)35-15-9-14-25(28,29)18-26(30,31)27(32,33)34/h3-8,10-13,16-17H,9,14-15,18H2,1-2H3/q+1. The zero-order valence-electron chi connectivity index (χ0n) is 19.7. The van der Waals surface area contributed by atoms with Crippen molar-refractivity contribution >= 4 is 10.9 Å². The van der Waals surface area contributed by atoms with Crippen LogP contribution in [0.15, 0.2) is 87.5 Å². The molecule has 0 bridgehead atoms. The minimum Gasteiger partial charge on any atom is -0.493 e. The molecule has 0 fully saturated rings. The molecule has 0 heterocycles. The van der Waals surface area contributed by atoms with Crippen molar-refractivity contribution in [2.75, 3.05) is 6.61 Å². The van der Waals surface area contributed by atoms with Gasteiger partial charge in [0, 0.05) is 18.6 Å². The third-order valence-corrected chi connectivity index (χ3v) is 7.65. The maximum atomic E-state index is 13.8. The number of hydrogen-bond acceptors (Lipinski definition) is 1. The molecule has 0 aliphatic heterocycles. The zero-order chi connectivity index (χ0) is 26.6. The second kappa shape index (κ2) is 11.2. The lowest BCUT2D eigenvalue weighted by atomic mass is 10.0. The number of halogens is 7. The van der Waals surface area contributed by atoms with Gasteiger partial charge in [-0.05, 0) is 55.7 Å². The molecule has 0 amide bonds. The molecule has 194 valence electrons. The maximum absolute atomic E-state index is 13.8. The topological polar surface area (TPSA) is 9.23 Å². The van der Waals surface area contributed by atoms with Crippen molar-refractivity contribution in [2.24, 2.45) is 0 Å². The molecule has 0 aromatic heterocycles. The van der Waals surface area contributed by atoms with Crippen molar-refractivity contribution in [3.05, 3.63) is 83.9 Å². The van der Waals surface area contributed by atoms with E-state index in [1.807, 2.05) is 86.6 Å². The van der Waals surface area contributed by atoms with E-state index >= 15 is 0 Å². The van der Waals surface area contributed by atoms with Gasteiger partial charge in [-0.15, -0.1) is 0 Å². The molecular formula is C27H26F7OS+. The lowest BCUT2D eigenvalue weighted by Crippen LogP contribution is -2.41. The second-order valence-electron chi connectivity index (χ2n) is 8.51. The summed E-state index contributed by atoms with van der Waals surface area (Å²) in [5.41, 5.74) is 1.54. The molecule has 9 heteroatoms. The lowest BCUT2D eigenvalue weighted by Gasteiger charge is -2.25. The Kier molecular flexibility index (Phi) is 8.64. The fraction of sp³-hybridized carbons (Fsp3) is 0.333. The molecule has 0 N–H and O–H groups in total. The van der Waals surface area contributed by atoms with Gasteiger partial charge < -0.3 is 4.74 Å². The van der Waals surface area contributed by atoms with Gasteiger partial charge in [0.05, 0.1) is 23.9 Å². The molecular weight excluding hydrogens is 505 g/mol. The largest absolute Gasteiger partial charge is 0.493 e. The van der Waals surface area contributed by atoms with Crippen LogP contribution in [0, 0.1) is 13.8 Å². The third-order valence-electron chi connectivity index (χ3n) is 5.46. The van der Waals surface area contributed by atoms with E-state index in [2.05, 4.69) is 0 Å². The van der Waals surface area contributed by atoms with E-state index < -0.39 is 41.8 Å². The van der Waals surface area contributed by atoms with Crippen LogP contribution in [0.25, 0.3) is 0 Å². The van der Waals surface area contributed by atoms with Gasteiger partial charge in [0.1, 0.15) is 5.75 Å². The minimum atomic E-state index is -6.01. The van der Waals surface area contributed by atoms with Crippen LogP contribution in [0.2, 0.25) is 0 Å². The van der Waals surface area contributed by atoms with Crippen molar-refractivity contribution in [1.82, 2.24) is 0 Å². The molecule has 36 heavy (non-hydrogen) atoms. The molecule has 0 atom stereocenters. The van der Waals surface area contributed by atoms with Crippen molar-refractivity contribution in [3.63, 3.8) is 0 Å². The molecule has 0 saturated heterocycles. The molecule has 0 unspecified atom stereocenters. The Hall–Kier alpha value is -2.68. The summed E-state index contributed by atoms with van der Waals surface area (Å²) >= 11 is 0. The average molecular weight is 532 g/mol. The average Bonchev–Trinajstić information content (AvgIpc) is 2.78. The van der Waals surface area contributed by atoms with E-state index in [0.717, 1.165) is 25.8 Å². The van der Waals surface area contributed by atoms with E-state index in [1.54, 1.807) is 0 Å². The number of aryl methyl sites for hydroxylation is 2. The fourth-order valence-corrected chi connectivity index (χ4v) is 6.06. The van der Waals surface area contributed by atoms with Gasteiger partial charge in [-0.25, -0.2) is 8.78 Å². The summed E-state index contributed by atoms with van der Waals surface area (Å²) in [6, 6.07) is 23.9. The zero-order valence-corrected chi connectivity index (χ0v) is 20.5. The van der Waals surface area contributed by atoms with Gasteiger partial charge in [-0.1, -0.05) is 36.4 Å². The molecule has 1 nitrogen and oxygen atoms in total. The number of hydrogen-bond donors (Lipinski definition) is 0. The van der Waals surface area contributed by atoms with Gasteiger partial charge in [0.25, 0.3) is 5.92 Å². The first-order valence-corrected chi connectivity index (χ1v) is 12.4. The van der Waals surface area contributed by atoms with E-state index in [-0.39, 0.29) is 13.0 Å². The molecule has 3 rings (SSSR count). The van der Waals surface area contributed by atoms with Crippen LogP contribution in [0.5, 0.6) is 5.75 Å². The van der Waals surface area contributed by atoms with E-state index in [0.29, 0.717) is 5.75 Å². The highest BCUT2D eigenvalue weighted by Gasteiger charge is 2.61. The third kappa shape index (κ3) is 6.96. The van der Waals surface area contributed by atoms with Gasteiger partial charge in [0.15, 0.2) is 14.7 Å². The Bertz CT molecular complexity index is 1070. The number of alkyl halides is 7. The Labute approximate surface area is 208 Å². The molecule has 0 aliphatic rings. The molecule has 0 aliphatic carbocycles. The van der Waals surface area contributed by atoms with Crippen LogP contribution in [0.3, 0.4) is 0 Å². The van der Waals surface area contributed by atoms with E-state index in [9.17, 15) is 30.7 Å². The summed E-state index contributed by atoms with van der Waals surface area (Å²) < 4.78 is 96.0. The van der Waals surface area contributed by atoms with Crippen molar-refractivity contribution in [1.29, 1.82) is 0 Å². The van der Waals surface area contributed by atoms with Crippen LogP contribution in [0.1, 0.15) is 30.4 Å². The first kappa shape index (κ1) is 27.9. The molecule has 0 radical (unpaired) electrons. The van der Waals surface area contributed by atoms with Crippen LogP contribution in [0.4, 0.5) is 30.7 Å². The van der Waals surface area contributed by atoms with Crippen molar-refractivity contribution < 1.29 is 35.5 Å². The summed E-state index contributed by atoms with van der Waals surface area (Å²) in [7, 11) is -0.397. The van der Waals surface area contributed by atoms with Gasteiger partial charge in [-0.2, -0.15) is 22.0 Å². The monoisotopic (exact) mass is 531 g/mol. The SMILES string of the molecule is Cc1cc([S+](c2ccccc2)c2ccccc2)cc(C)c1OCCCC(F)(F)CC(F)(F)C(F)(F)F. The molecule has 3 aromatic rings. The Morgan fingerprint density at radius 1 is 0.694 bits per heavy atom. The Morgan fingerprint density at radius 2 is 1.17 bits per heavy atom. The van der Waals surface area contributed by atoms with Crippen LogP contribution < -0.4 is 4.74 Å². The highest BCUT2D eigenvalue weighted by molar-refractivity contribution is 7.97. The predicted molar refractivity (Wildman–Crippen MR) is 126 cm³/mol. The maximum Gasteiger partial charge on any atom is 0.453 e. The van der Waals surface area contributed by atoms with Crippen LogP contribution >= 0.6 is 0 Å². The highest BCUT2D eigenvalue weighted by Crippen LogP contribution is 2.44. The molecule has 0 saturated carbocycles. The Morgan fingerprint density at radius 3 is 1.61 bits per heavy atom. The number of rotatable bonds is 10. The summed E-state index contributed by atoms with van der Waals surface area (Å²) in [6.45, 7) is 3.40. The lowest BCUT2D eigenvalue weighted by molar-refractivity contribution is -0.301. The minimum absolute atomic E-state index is 0.239. The van der Waals surface area contributed by atoms with Gasteiger partial charge in [-0.3, -0.25) is 0 Å². The first-order valence-electron chi connectivity index (χ1n) is 11.2. The fourth-order valence-electron chi connectivity index (χ4n) is 3.80. The summed E-state index contributed by atoms with van der Waals surface area (Å²) in [5.74, 6) is -9.14. The normalized spacial score (nSPS) is 12.7. The van der Waals surface area contributed by atoms with Crippen LogP contribution in [-0.2, 0) is 10.9 Å². The highest BCUT2D eigenvalue weighted by atomic mass is 32.2. The Balaban J connectivity index is 1.72. The van der Waals surface area contributed by atoms with E-state index in [1.165, 1.54) is 0 Å². The molecule has 0 spiro atoms. The summed E-state index contributed by atoms with van der Waals surface area (Å²) in [5, 5.41) is 0. The second-order valence-corrected chi connectivity index (χ2v) is 10.5. The van der Waals surface area contributed by atoms with Crippen molar-refractivity contribution in [3.8, 4) is 5.75 Å². The quantitative estimate of drug-likeness (QED) is 0.144. The first-order chi connectivity index (χ1) is 16.8. The summed E-state index contributed by atoms with van der Waals surface area (Å²) in [4.78, 5) is 3.28.